The van der Waals surface area contributed by atoms with Gasteiger partial charge >= 0.3 is 5.97 Å². The summed E-state index contributed by atoms with van der Waals surface area (Å²) in [6.45, 7) is 9.36. The summed E-state index contributed by atoms with van der Waals surface area (Å²) in [5.74, 6) is 0.155. The fourth-order valence-electron chi connectivity index (χ4n) is 5.01. The lowest BCUT2D eigenvalue weighted by atomic mass is 10.1. The molecule has 0 atom stereocenters. The van der Waals surface area contributed by atoms with Crippen LogP contribution >= 0.6 is 15.9 Å². The van der Waals surface area contributed by atoms with Gasteiger partial charge in [0.25, 0.3) is 8.32 Å². The number of rotatable bonds is 9. The van der Waals surface area contributed by atoms with E-state index in [1.165, 1.54) is 10.4 Å². The van der Waals surface area contributed by atoms with Crippen LogP contribution in [0.25, 0.3) is 11.0 Å². The van der Waals surface area contributed by atoms with Gasteiger partial charge in [0.05, 0.1) is 24.7 Å². The average molecular weight is 582 g/mol. The molecule has 0 unspecified atom stereocenters. The Balaban J connectivity index is 1.73. The number of carbonyl (C=O) groups excluding carboxylic acids is 1. The highest BCUT2D eigenvalue weighted by Crippen LogP contribution is 2.40. The Hall–Kier alpha value is -2.87. The summed E-state index contributed by atoms with van der Waals surface area (Å²) in [7, 11) is -1.07. The molecule has 0 aliphatic carbocycles. The predicted molar refractivity (Wildman–Crippen MR) is 154 cm³/mol. The van der Waals surface area contributed by atoms with Crippen LogP contribution in [0.3, 0.4) is 0 Å². The molecule has 0 saturated heterocycles. The molecule has 1 aromatic heterocycles. The number of halogens is 1. The SMILES string of the molecule is CCOC(=O)c1cc(OC)c2c(CCO[Si](c3ccccc3)(c3ccccc3)C(C)(C)C)c(Br)oc2c1. The van der Waals surface area contributed by atoms with Crippen LogP contribution in [0.15, 0.2) is 81.9 Å². The minimum absolute atomic E-state index is 0.113. The van der Waals surface area contributed by atoms with Crippen LogP contribution in [0.2, 0.25) is 5.04 Å². The van der Waals surface area contributed by atoms with Crippen molar-refractivity contribution in [3.63, 3.8) is 0 Å². The van der Waals surface area contributed by atoms with Gasteiger partial charge in [0.15, 0.2) is 4.67 Å². The van der Waals surface area contributed by atoms with E-state index >= 15 is 0 Å². The Labute approximate surface area is 228 Å². The van der Waals surface area contributed by atoms with Crippen molar-refractivity contribution in [2.75, 3.05) is 20.3 Å². The molecule has 3 aromatic carbocycles. The molecule has 7 heteroatoms. The summed E-state index contributed by atoms with van der Waals surface area (Å²) in [6.07, 6.45) is 0.604. The average Bonchev–Trinajstić information content (AvgIpc) is 3.21. The van der Waals surface area contributed by atoms with Crippen LogP contribution in [-0.4, -0.2) is 34.6 Å². The molecule has 0 N–H and O–H groups in total. The molecule has 0 saturated carbocycles. The fourth-order valence-corrected chi connectivity index (χ4v) is 10.1. The Morgan fingerprint density at radius 2 is 1.57 bits per heavy atom. The molecule has 4 rings (SSSR count). The van der Waals surface area contributed by atoms with Crippen molar-refractivity contribution in [1.29, 1.82) is 0 Å². The van der Waals surface area contributed by atoms with Crippen LogP contribution in [0.1, 0.15) is 43.6 Å². The second-order valence-corrected chi connectivity index (χ2v) is 14.9. The molecule has 1 heterocycles. The zero-order valence-corrected chi connectivity index (χ0v) is 24.6. The van der Waals surface area contributed by atoms with Gasteiger partial charge in [-0.15, -0.1) is 0 Å². The third-order valence-corrected chi connectivity index (χ3v) is 12.3. The molecule has 0 bridgehead atoms. The first-order valence-electron chi connectivity index (χ1n) is 12.4. The van der Waals surface area contributed by atoms with Crippen molar-refractivity contribution in [2.45, 2.75) is 39.2 Å². The standard InChI is InChI=1S/C30H33BrO5Si/c1-6-34-29(32)21-19-25(33-5)27-24(28(31)36-26(27)20-21)17-18-35-37(30(2,3)4,22-13-9-7-10-14-22)23-15-11-8-12-16-23/h7-16,19-20H,6,17-18H2,1-5H3. The van der Waals surface area contributed by atoms with Gasteiger partial charge in [-0.2, -0.15) is 0 Å². The molecule has 0 spiro atoms. The van der Waals surface area contributed by atoms with E-state index in [2.05, 4.69) is 85.2 Å². The molecule has 4 aromatic rings. The summed E-state index contributed by atoms with van der Waals surface area (Å²) < 4.78 is 24.5. The van der Waals surface area contributed by atoms with Gasteiger partial charge in [-0.05, 0) is 56.8 Å². The maximum atomic E-state index is 12.3. The molecule has 0 amide bonds. The highest BCUT2D eigenvalue weighted by Gasteiger charge is 2.50. The summed E-state index contributed by atoms with van der Waals surface area (Å²) in [4.78, 5) is 12.3. The van der Waals surface area contributed by atoms with Gasteiger partial charge in [0.2, 0.25) is 0 Å². The quantitative estimate of drug-likeness (QED) is 0.167. The number of ether oxygens (including phenoxy) is 2. The first kappa shape index (κ1) is 27.2. The van der Waals surface area contributed by atoms with Crippen molar-refractivity contribution in [3.05, 3.63) is 88.6 Å². The Bertz CT molecular complexity index is 1320. The van der Waals surface area contributed by atoms with E-state index in [0.29, 0.717) is 41.2 Å². The molecule has 0 radical (unpaired) electrons. The number of furan rings is 1. The number of fused-ring (bicyclic) bond motifs is 1. The molecule has 194 valence electrons. The first-order valence-corrected chi connectivity index (χ1v) is 15.1. The van der Waals surface area contributed by atoms with E-state index in [1.54, 1.807) is 26.2 Å². The maximum Gasteiger partial charge on any atom is 0.338 e. The van der Waals surface area contributed by atoms with Crippen LogP contribution in [0.5, 0.6) is 5.75 Å². The van der Waals surface area contributed by atoms with Crippen molar-refractivity contribution in [2.24, 2.45) is 0 Å². The normalized spacial score (nSPS) is 12.1. The molecular formula is C30H33BrO5Si. The van der Waals surface area contributed by atoms with Gasteiger partial charge < -0.3 is 18.3 Å². The van der Waals surface area contributed by atoms with E-state index in [9.17, 15) is 4.79 Å². The van der Waals surface area contributed by atoms with Gasteiger partial charge in [-0.1, -0.05) is 81.4 Å². The minimum atomic E-state index is -2.66. The van der Waals surface area contributed by atoms with E-state index < -0.39 is 14.3 Å². The Morgan fingerprint density at radius 1 is 0.973 bits per heavy atom. The zero-order valence-electron chi connectivity index (χ0n) is 22.0. The maximum absolute atomic E-state index is 12.3. The van der Waals surface area contributed by atoms with Crippen LogP contribution in [0.4, 0.5) is 0 Å². The summed E-state index contributed by atoms with van der Waals surface area (Å²) >= 11 is 3.59. The van der Waals surface area contributed by atoms with Crippen LogP contribution in [-0.2, 0) is 15.6 Å². The third-order valence-electron chi connectivity index (χ3n) is 6.62. The highest BCUT2D eigenvalue weighted by molar-refractivity contribution is 9.10. The second kappa shape index (κ2) is 11.3. The Kier molecular flexibility index (Phi) is 8.26. The Morgan fingerprint density at radius 3 is 2.08 bits per heavy atom. The van der Waals surface area contributed by atoms with Crippen LogP contribution in [0, 0.1) is 0 Å². The van der Waals surface area contributed by atoms with Gasteiger partial charge in [0, 0.05) is 12.2 Å². The van der Waals surface area contributed by atoms with E-state index in [-0.39, 0.29) is 5.04 Å². The second-order valence-electron chi connectivity index (χ2n) is 9.89. The third kappa shape index (κ3) is 5.26. The molecule has 5 nitrogen and oxygen atoms in total. The number of methoxy groups -OCH3 is 1. The number of hydrogen-bond donors (Lipinski definition) is 0. The number of carbonyl (C=O) groups is 1. The van der Waals surface area contributed by atoms with Crippen LogP contribution < -0.4 is 15.1 Å². The predicted octanol–water partition coefficient (Wildman–Crippen LogP) is 6.50. The van der Waals surface area contributed by atoms with E-state index in [4.69, 9.17) is 18.3 Å². The summed E-state index contributed by atoms with van der Waals surface area (Å²) in [5.41, 5.74) is 1.90. The minimum Gasteiger partial charge on any atom is -0.496 e. The number of hydrogen-bond acceptors (Lipinski definition) is 5. The van der Waals surface area contributed by atoms with Crippen molar-refractivity contribution >= 4 is 51.6 Å². The lowest BCUT2D eigenvalue weighted by molar-refractivity contribution is 0.0526. The van der Waals surface area contributed by atoms with Crippen molar-refractivity contribution in [1.82, 2.24) is 0 Å². The number of benzene rings is 3. The molecule has 37 heavy (non-hydrogen) atoms. The molecular weight excluding hydrogens is 548 g/mol. The van der Waals surface area contributed by atoms with Gasteiger partial charge in [-0.3, -0.25) is 0 Å². The molecule has 0 aliphatic heterocycles. The molecule has 0 aliphatic rings. The lowest BCUT2D eigenvalue weighted by Crippen LogP contribution is -2.66. The fraction of sp³-hybridized carbons (Fsp3) is 0.300. The largest absolute Gasteiger partial charge is 0.496 e. The van der Waals surface area contributed by atoms with E-state index in [1.807, 2.05) is 12.1 Å². The highest BCUT2D eigenvalue weighted by atomic mass is 79.9. The van der Waals surface area contributed by atoms with Crippen molar-refractivity contribution < 1.29 is 23.1 Å². The topological polar surface area (TPSA) is 57.9 Å². The number of esters is 1. The zero-order chi connectivity index (χ0) is 26.6. The monoisotopic (exact) mass is 580 g/mol. The summed E-state index contributed by atoms with van der Waals surface area (Å²) in [5, 5.41) is 3.19. The smallest absolute Gasteiger partial charge is 0.338 e. The summed E-state index contributed by atoms with van der Waals surface area (Å²) in [6, 6.07) is 24.6. The van der Waals surface area contributed by atoms with Crippen molar-refractivity contribution in [3.8, 4) is 5.75 Å². The van der Waals surface area contributed by atoms with Gasteiger partial charge in [0.1, 0.15) is 11.3 Å². The van der Waals surface area contributed by atoms with Gasteiger partial charge in [-0.25, -0.2) is 4.79 Å². The molecule has 0 fully saturated rings. The lowest BCUT2D eigenvalue weighted by Gasteiger charge is -2.43. The first-order chi connectivity index (χ1) is 17.7. The van der Waals surface area contributed by atoms with E-state index in [0.717, 1.165) is 10.9 Å².